The number of carbonyl (C=O) groups is 1. The maximum Gasteiger partial charge on any atom is 0.227 e. The van der Waals surface area contributed by atoms with Crippen molar-refractivity contribution in [3.63, 3.8) is 0 Å². The van der Waals surface area contributed by atoms with Crippen LogP contribution in [0.4, 0.5) is 5.69 Å². The number of nitrogens with zero attached hydrogens (tertiary/aromatic N) is 1. The highest BCUT2D eigenvalue weighted by atomic mass is 16.3. The van der Waals surface area contributed by atoms with Crippen LogP contribution in [0.3, 0.4) is 0 Å². The quantitative estimate of drug-likeness (QED) is 0.933. The third-order valence-electron chi connectivity index (χ3n) is 5.03. The summed E-state index contributed by atoms with van der Waals surface area (Å²) in [5.41, 5.74) is 3.70. The first-order valence-corrected chi connectivity index (χ1v) is 7.96. The number of nitrogens with one attached hydrogen (secondary N) is 1. The van der Waals surface area contributed by atoms with Crippen molar-refractivity contribution < 1.29 is 9.21 Å². The third-order valence-corrected chi connectivity index (χ3v) is 5.03. The Morgan fingerprint density at radius 2 is 2.18 bits per heavy atom. The topological polar surface area (TPSA) is 55.1 Å². The molecule has 0 saturated heterocycles. The smallest absolute Gasteiger partial charge is 0.227 e. The van der Waals surface area contributed by atoms with E-state index in [-0.39, 0.29) is 11.8 Å². The van der Waals surface area contributed by atoms with Crippen LogP contribution in [0, 0.1) is 31.6 Å². The summed E-state index contributed by atoms with van der Waals surface area (Å²) in [6, 6.07) is 5.91. The summed E-state index contributed by atoms with van der Waals surface area (Å²) in [6.45, 7) is 3.92. The van der Waals surface area contributed by atoms with Crippen LogP contribution in [0.5, 0.6) is 0 Å². The Balaban J connectivity index is 1.56. The molecule has 4 nitrogen and oxygen atoms in total. The molecule has 1 aromatic heterocycles. The van der Waals surface area contributed by atoms with E-state index in [9.17, 15) is 4.79 Å². The Morgan fingerprint density at radius 1 is 1.32 bits per heavy atom. The predicted octanol–water partition coefficient (Wildman–Crippen LogP) is 3.94. The molecule has 1 N–H and O–H groups in total. The second-order valence-corrected chi connectivity index (χ2v) is 6.66. The Morgan fingerprint density at radius 3 is 2.82 bits per heavy atom. The summed E-state index contributed by atoms with van der Waals surface area (Å²) in [6.07, 6.45) is 5.15. The molecular weight excluding hydrogens is 276 g/mol. The van der Waals surface area contributed by atoms with Gasteiger partial charge in [0.25, 0.3) is 0 Å². The minimum absolute atomic E-state index is 0.170. The van der Waals surface area contributed by atoms with Crippen LogP contribution in [0.1, 0.15) is 30.5 Å². The fourth-order valence-corrected chi connectivity index (χ4v) is 3.67. The van der Waals surface area contributed by atoms with Crippen LogP contribution in [0.25, 0.3) is 11.5 Å². The highest BCUT2D eigenvalue weighted by Crippen LogP contribution is 2.55. The molecule has 2 aliphatic rings. The molecular formula is C18H20N2O2. The van der Waals surface area contributed by atoms with Gasteiger partial charge in [0.1, 0.15) is 6.26 Å². The van der Waals surface area contributed by atoms with Crippen molar-refractivity contribution in [2.75, 3.05) is 5.32 Å². The maximum atomic E-state index is 12.4. The Kier molecular flexibility index (Phi) is 3.06. The number of carbonyl (C=O) groups excluding carboxylic acids is 1. The van der Waals surface area contributed by atoms with Crippen LogP contribution >= 0.6 is 0 Å². The number of aromatic nitrogens is 1. The minimum Gasteiger partial charge on any atom is -0.444 e. The Labute approximate surface area is 129 Å². The molecule has 114 valence electrons. The number of rotatable bonds is 3. The summed E-state index contributed by atoms with van der Waals surface area (Å²) in [7, 11) is 0. The van der Waals surface area contributed by atoms with Gasteiger partial charge in [0.2, 0.25) is 11.8 Å². The van der Waals surface area contributed by atoms with Crippen LogP contribution < -0.4 is 5.32 Å². The van der Waals surface area contributed by atoms with Crippen LogP contribution in [-0.2, 0) is 4.79 Å². The van der Waals surface area contributed by atoms with Gasteiger partial charge in [-0.3, -0.25) is 4.79 Å². The molecule has 0 aliphatic heterocycles. The lowest BCUT2D eigenvalue weighted by Gasteiger charge is -2.13. The summed E-state index contributed by atoms with van der Waals surface area (Å²) >= 11 is 0. The molecule has 0 spiro atoms. The molecule has 4 heteroatoms. The number of benzene rings is 1. The monoisotopic (exact) mass is 296 g/mol. The second-order valence-electron chi connectivity index (χ2n) is 6.66. The SMILES string of the molecule is Cc1coc(-c2cc(NC(=O)C3CCC4CC43)ccc2C)n1. The van der Waals surface area contributed by atoms with Crippen molar-refractivity contribution in [1.29, 1.82) is 0 Å². The molecule has 2 saturated carbocycles. The molecule has 2 aliphatic carbocycles. The van der Waals surface area contributed by atoms with E-state index in [0.717, 1.165) is 34.8 Å². The average Bonchev–Trinajstić information content (AvgIpc) is 2.93. The van der Waals surface area contributed by atoms with Crippen molar-refractivity contribution in [3.05, 3.63) is 35.7 Å². The van der Waals surface area contributed by atoms with E-state index < -0.39 is 0 Å². The van der Waals surface area contributed by atoms with E-state index in [1.165, 1.54) is 12.8 Å². The number of oxazole rings is 1. The lowest BCUT2D eigenvalue weighted by Crippen LogP contribution is -2.22. The van der Waals surface area contributed by atoms with Crippen LogP contribution in [0.15, 0.2) is 28.9 Å². The predicted molar refractivity (Wildman–Crippen MR) is 84.4 cm³/mol. The van der Waals surface area contributed by atoms with Gasteiger partial charge in [-0.05, 0) is 62.6 Å². The third kappa shape index (κ3) is 2.32. The lowest BCUT2D eigenvalue weighted by atomic mass is 10.0. The van der Waals surface area contributed by atoms with E-state index in [2.05, 4.69) is 10.3 Å². The van der Waals surface area contributed by atoms with E-state index in [0.29, 0.717) is 11.8 Å². The van der Waals surface area contributed by atoms with Gasteiger partial charge in [0.05, 0.1) is 5.69 Å². The van der Waals surface area contributed by atoms with Gasteiger partial charge in [-0.2, -0.15) is 0 Å². The van der Waals surface area contributed by atoms with E-state index in [4.69, 9.17) is 4.42 Å². The van der Waals surface area contributed by atoms with E-state index in [1.807, 2.05) is 32.0 Å². The number of anilines is 1. The van der Waals surface area contributed by atoms with Gasteiger partial charge in [0, 0.05) is 17.2 Å². The highest BCUT2D eigenvalue weighted by Gasteiger charge is 2.50. The van der Waals surface area contributed by atoms with Crippen molar-refractivity contribution in [2.24, 2.45) is 17.8 Å². The molecule has 3 atom stereocenters. The zero-order chi connectivity index (χ0) is 15.3. The normalized spacial score (nSPS) is 25.8. The minimum atomic E-state index is 0.170. The van der Waals surface area contributed by atoms with Gasteiger partial charge < -0.3 is 9.73 Å². The van der Waals surface area contributed by atoms with Gasteiger partial charge in [-0.1, -0.05) is 6.07 Å². The van der Waals surface area contributed by atoms with Gasteiger partial charge in [-0.15, -0.1) is 0 Å². The fraction of sp³-hybridized carbons (Fsp3) is 0.444. The van der Waals surface area contributed by atoms with Gasteiger partial charge in [0.15, 0.2) is 0 Å². The van der Waals surface area contributed by atoms with E-state index >= 15 is 0 Å². The average molecular weight is 296 g/mol. The summed E-state index contributed by atoms with van der Waals surface area (Å²) in [5.74, 6) is 2.44. The van der Waals surface area contributed by atoms with Crippen molar-refractivity contribution in [2.45, 2.75) is 33.1 Å². The van der Waals surface area contributed by atoms with Crippen LogP contribution in [0.2, 0.25) is 0 Å². The second kappa shape index (κ2) is 4.97. The number of hydrogen-bond donors (Lipinski definition) is 1. The number of fused-ring (bicyclic) bond motifs is 1. The first kappa shape index (κ1) is 13.6. The Bertz CT molecular complexity index is 734. The molecule has 1 amide bonds. The molecule has 4 rings (SSSR count). The van der Waals surface area contributed by atoms with E-state index in [1.54, 1.807) is 6.26 Å². The molecule has 0 radical (unpaired) electrons. The standard InChI is InChI=1S/C18H20N2O2/c1-10-3-5-13(8-15(10)18-19-11(2)9-22-18)20-17(21)14-6-4-12-7-16(12)14/h3,5,8-9,12,14,16H,4,6-7H2,1-2H3,(H,20,21). The maximum absolute atomic E-state index is 12.4. The molecule has 2 fully saturated rings. The number of hydrogen-bond acceptors (Lipinski definition) is 3. The molecule has 2 aromatic rings. The largest absolute Gasteiger partial charge is 0.444 e. The zero-order valence-electron chi connectivity index (χ0n) is 12.9. The van der Waals surface area contributed by atoms with Crippen LogP contribution in [-0.4, -0.2) is 10.9 Å². The summed E-state index contributed by atoms with van der Waals surface area (Å²) in [4.78, 5) is 16.8. The zero-order valence-corrected chi connectivity index (χ0v) is 12.9. The first-order chi connectivity index (χ1) is 10.6. The van der Waals surface area contributed by atoms with Crippen molar-refractivity contribution >= 4 is 11.6 Å². The molecule has 0 bridgehead atoms. The summed E-state index contributed by atoms with van der Waals surface area (Å²) in [5, 5.41) is 3.08. The molecule has 22 heavy (non-hydrogen) atoms. The van der Waals surface area contributed by atoms with Gasteiger partial charge >= 0.3 is 0 Å². The lowest BCUT2D eigenvalue weighted by molar-refractivity contribution is -0.120. The molecule has 1 heterocycles. The molecule has 1 aromatic carbocycles. The number of aryl methyl sites for hydroxylation is 2. The van der Waals surface area contributed by atoms with Gasteiger partial charge in [-0.25, -0.2) is 4.98 Å². The Hall–Kier alpha value is -2.10. The highest BCUT2D eigenvalue weighted by molar-refractivity contribution is 5.94. The first-order valence-electron chi connectivity index (χ1n) is 7.96. The number of amides is 1. The van der Waals surface area contributed by atoms with Crippen molar-refractivity contribution in [1.82, 2.24) is 4.98 Å². The molecule has 3 unspecified atom stereocenters. The summed E-state index contributed by atoms with van der Waals surface area (Å²) < 4.78 is 5.49. The van der Waals surface area contributed by atoms with Crippen molar-refractivity contribution in [3.8, 4) is 11.5 Å². The fourth-order valence-electron chi connectivity index (χ4n) is 3.67.